The Labute approximate surface area is 98.7 Å². The molecule has 1 atom stereocenters. The minimum atomic E-state index is 0.687. The number of pyridine rings is 1. The molecule has 1 unspecified atom stereocenters. The van der Waals surface area contributed by atoms with Gasteiger partial charge in [-0.3, -0.25) is 0 Å². The van der Waals surface area contributed by atoms with Crippen LogP contribution in [0.1, 0.15) is 0 Å². The van der Waals surface area contributed by atoms with Gasteiger partial charge in [0.05, 0.1) is 0 Å². The molecule has 0 aliphatic heterocycles. The summed E-state index contributed by atoms with van der Waals surface area (Å²) in [5.41, 5.74) is 1.60. The molecule has 74 valence electrons. The second-order valence-electron chi connectivity index (χ2n) is 3.06. The molecule has 3 rings (SSSR count). The third-order valence-corrected chi connectivity index (χ3v) is 4.08. The Morgan fingerprint density at radius 1 is 1.27 bits per heavy atom. The van der Waals surface area contributed by atoms with Crippen LogP contribution in [-0.4, -0.2) is 26.8 Å². The predicted molar refractivity (Wildman–Crippen MR) is 63.3 cm³/mol. The molecule has 3 aromatic rings. The monoisotopic (exact) mass is 278 g/mol. The molecule has 0 saturated carbocycles. The van der Waals surface area contributed by atoms with Crippen molar-refractivity contribution < 1.29 is 4.42 Å². The van der Waals surface area contributed by atoms with Gasteiger partial charge in [0.15, 0.2) is 0 Å². The molecule has 0 aromatic carbocycles. The second-order valence-corrected chi connectivity index (χ2v) is 6.36. The summed E-state index contributed by atoms with van der Waals surface area (Å²) < 4.78 is 6.95. The number of fused-ring (bicyclic) bond motifs is 1. The average molecular weight is 278 g/mol. The maximum atomic E-state index is 5.63. The minimum absolute atomic E-state index is 0.687. The molecule has 15 heavy (non-hydrogen) atoms. The van der Waals surface area contributed by atoms with Crippen molar-refractivity contribution in [3.05, 3.63) is 30.6 Å². The van der Waals surface area contributed by atoms with Gasteiger partial charge in [-0.25, -0.2) is 0 Å². The van der Waals surface area contributed by atoms with Crippen molar-refractivity contribution >= 4 is 43.0 Å². The standard InChI is InChI=1S/C10H7AsN2OS/c11-9-2-1-8(15-9)10-13-6-5-12-4-3-7(6)14-10/h1-5H,11H2. The quantitative estimate of drug-likeness (QED) is 0.628. The summed E-state index contributed by atoms with van der Waals surface area (Å²) in [5, 5.41) is 0. The molecule has 0 aliphatic rings. The summed E-state index contributed by atoms with van der Waals surface area (Å²) in [5.74, 6) is 0.687. The molecule has 0 spiro atoms. The van der Waals surface area contributed by atoms with E-state index in [4.69, 9.17) is 4.42 Å². The van der Waals surface area contributed by atoms with Gasteiger partial charge in [0, 0.05) is 0 Å². The van der Waals surface area contributed by atoms with Gasteiger partial charge in [-0.15, -0.1) is 0 Å². The fourth-order valence-corrected chi connectivity index (χ4v) is 3.05. The Kier molecular flexibility index (Phi) is 2.11. The van der Waals surface area contributed by atoms with Crippen LogP contribution in [0, 0.1) is 0 Å². The fourth-order valence-electron chi connectivity index (χ4n) is 1.35. The number of aromatic nitrogens is 2. The van der Waals surface area contributed by atoms with Crippen LogP contribution in [0.25, 0.3) is 21.9 Å². The number of hydrogen-bond donors (Lipinski definition) is 0. The molecule has 3 nitrogen and oxygen atoms in total. The molecule has 3 heterocycles. The van der Waals surface area contributed by atoms with Crippen molar-refractivity contribution in [1.29, 1.82) is 0 Å². The van der Waals surface area contributed by atoms with E-state index in [9.17, 15) is 0 Å². The van der Waals surface area contributed by atoms with E-state index in [-0.39, 0.29) is 0 Å². The average Bonchev–Trinajstić information content (AvgIpc) is 2.82. The van der Waals surface area contributed by atoms with E-state index in [0.717, 1.165) is 16.0 Å². The van der Waals surface area contributed by atoms with Gasteiger partial charge in [0.2, 0.25) is 0 Å². The summed E-state index contributed by atoms with van der Waals surface area (Å²) in [7, 11) is 0. The van der Waals surface area contributed by atoms with Gasteiger partial charge in [0.1, 0.15) is 0 Å². The maximum absolute atomic E-state index is 5.63. The Morgan fingerprint density at radius 2 is 2.20 bits per heavy atom. The summed E-state index contributed by atoms with van der Waals surface area (Å²) >= 11 is 3.33. The van der Waals surface area contributed by atoms with E-state index < -0.39 is 0 Å². The molecule has 3 aromatic heterocycles. The van der Waals surface area contributed by atoms with Gasteiger partial charge in [-0.2, -0.15) is 0 Å². The second kappa shape index (κ2) is 3.47. The zero-order valence-corrected chi connectivity index (χ0v) is 10.9. The van der Waals surface area contributed by atoms with Crippen LogP contribution in [0.15, 0.2) is 35.0 Å². The van der Waals surface area contributed by atoms with Crippen molar-refractivity contribution in [2.75, 3.05) is 0 Å². The van der Waals surface area contributed by atoms with Gasteiger partial charge in [-0.05, 0) is 0 Å². The van der Waals surface area contributed by atoms with E-state index in [1.165, 1.54) is 3.66 Å². The summed E-state index contributed by atoms with van der Waals surface area (Å²) in [6, 6.07) is 5.96. The van der Waals surface area contributed by atoms with E-state index >= 15 is 0 Å². The first kappa shape index (κ1) is 9.13. The molecule has 0 saturated heterocycles. The Balaban J connectivity index is 2.19. The number of rotatable bonds is 1. The number of hydrogen-bond acceptors (Lipinski definition) is 4. The van der Waals surface area contributed by atoms with E-state index in [1.807, 2.05) is 12.1 Å². The summed E-state index contributed by atoms with van der Waals surface area (Å²) in [6.07, 6.45) is 3.42. The van der Waals surface area contributed by atoms with Crippen molar-refractivity contribution in [3.63, 3.8) is 0 Å². The number of oxazole rings is 1. The third kappa shape index (κ3) is 1.60. The summed E-state index contributed by atoms with van der Waals surface area (Å²) in [6.45, 7) is 0. The van der Waals surface area contributed by atoms with Crippen LogP contribution in [-0.2, 0) is 0 Å². The van der Waals surface area contributed by atoms with E-state index in [0.29, 0.717) is 5.89 Å². The molecule has 0 N–H and O–H groups in total. The molecule has 0 amide bonds. The Bertz CT molecular complexity index is 583. The molecular formula is C10H7AsN2OS. The first-order chi connectivity index (χ1) is 7.33. The molecule has 0 fully saturated rings. The van der Waals surface area contributed by atoms with Crippen LogP contribution < -0.4 is 3.66 Å². The third-order valence-electron chi connectivity index (χ3n) is 2.03. The molecule has 5 heteroatoms. The first-order valence-corrected chi connectivity index (χ1v) is 6.42. The molecule has 0 aliphatic carbocycles. The van der Waals surface area contributed by atoms with Crippen LogP contribution in [0.5, 0.6) is 0 Å². The summed E-state index contributed by atoms with van der Waals surface area (Å²) in [4.78, 5) is 9.47. The van der Waals surface area contributed by atoms with Crippen molar-refractivity contribution in [2.24, 2.45) is 0 Å². The zero-order valence-electron chi connectivity index (χ0n) is 7.68. The van der Waals surface area contributed by atoms with Gasteiger partial charge in [-0.1, -0.05) is 0 Å². The van der Waals surface area contributed by atoms with Crippen molar-refractivity contribution in [1.82, 2.24) is 9.97 Å². The van der Waals surface area contributed by atoms with Crippen LogP contribution in [0.2, 0.25) is 0 Å². The van der Waals surface area contributed by atoms with Crippen molar-refractivity contribution in [3.8, 4) is 10.8 Å². The van der Waals surface area contributed by atoms with Crippen LogP contribution in [0.3, 0.4) is 0 Å². The molecule has 0 bridgehead atoms. The topological polar surface area (TPSA) is 38.9 Å². The van der Waals surface area contributed by atoms with Crippen LogP contribution >= 0.6 is 11.3 Å². The molecular weight excluding hydrogens is 271 g/mol. The van der Waals surface area contributed by atoms with Crippen LogP contribution in [0.4, 0.5) is 0 Å². The van der Waals surface area contributed by atoms with Gasteiger partial charge < -0.3 is 0 Å². The van der Waals surface area contributed by atoms with Gasteiger partial charge >= 0.3 is 98.7 Å². The zero-order chi connectivity index (χ0) is 10.3. The van der Waals surface area contributed by atoms with Crippen molar-refractivity contribution in [2.45, 2.75) is 0 Å². The first-order valence-electron chi connectivity index (χ1n) is 4.39. The van der Waals surface area contributed by atoms with E-state index in [1.54, 1.807) is 40.6 Å². The number of thiophene rings is 1. The Morgan fingerprint density at radius 3 is 2.93 bits per heavy atom. The van der Waals surface area contributed by atoms with E-state index in [2.05, 4.69) is 16.0 Å². The molecule has 0 radical (unpaired) electrons. The predicted octanol–water partition coefficient (Wildman–Crippen LogP) is 1.21. The Hall–Kier alpha value is -1.12. The van der Waals surface area contributed by atoms with Gasteiger partial charge in [0.25, 0.3) is 0 Å². The normalized spacial score (nSPS) is 11.0. The fraction of sp³-hybridized carbons (Fsp3) is 0. The number of nitrogens with zero attached hydrogens (tertiary/aromatic N) is 2. The SMILES string of the molecule is [AsH2]c1ccc(-c2nc3cnccc3o2)s1.